The summed E-state index contributed by atoms with van der Waals surface area (Å²) in [4.78, 5) is 8.29. The highest BCUT2D eigenvalue weighted by molar-refractivity contribution is 5.25. The number of aromatic nitrogens is 2. The van der Waals surface area contributed by atoms with Crippen molar-refractivity contribution in [1.29, 1.82) is 0 Å². The number of aliphatic hydroxyl groups excluding tert-OH is 1. The molecule has 78 valence electrons. The molecule has 1 aromatic rings. The molecular weight excluding hydrogens is 178 g/mol. The van der Waals surface area contributed by atoms with Gasteiger partial charge in [0.1, 0.15) is 0 Å². The molecule has 1 unspecified atom stereocenters. The van der Waals surface area contributed by atoms with Gasteiger partial charge >= 0.3 is 0 Å². The molecule has 0 aliphatic rings. The lowest BCUT2D eigenvalue weighted by Gasteiger charge is -2.15. The van der Waals surface area contributed by atoms with Crippen LogP contribution in [0.25, 0.3) is 0 Å². The first kappa shape index (κ1) is 10.9. The second kappa shape index (κ2) is 5.54. The molecule has 1 aromatic heterocycles. The van der Waals surface area contributed by atoms with Gasteiger partial charge in [-0.25, -0.2) is 9.97 Å². The van der Waals surface area contributed by atoms with E-state index in [1.54, 1.807) is 12.4 Å². The van der Waals surface area contributed by atoms with Crippen LogP contribution in [0.1, 0.15) is 25.3 Å². The van der Waals surface area contributed by atoms with Gasteiger partial charge in [-0.2, -0.15) is 0 Å². The van der Waals surface area contributed by atoms with Crippen molar-refractivity contribution in [2.45, 2.75) is 32.7 Å². The van der Waals surface area contributed by atoms with E-state index in [-0.39, 0.29) is 12.6 Å². The number of aryl methyl sites for hydroxylation is 1. The number of rotatable bonds is 5. The summed E-state index contributed by atoms with van der Waals surface area (Å²) >= 11 is 0. The molecular formula is C10H17N3O. The first-order valence-corrected chi connectivity index (χ1v) is 4.92. The van der Waals surface area contributed by atoms with Crippen LogP contribution in [0.3, 0.4) is 0 Å². The largest absolute Gasteiger partial charge is 0.396 e. The number of anilines is 1. The summed E-state index contributed by atoms with van der Waals surface area (Å²) in [5, 5.41) is 12.0. The Kier molecular flexibility index (Phi) is 4.32. The fraction of sp³-hybridized carbons (Fsp3) is 0.600. The zero-order valence-corrected chi connectivity index (χ0v) is 8.70. The Morgan fingerprint density at radius 3 is 2.57 bits per heavy atom. The van der Waals surface area contributed by atoms with Crippen LogP contribution in [0.15, 0.2) is 12.4 Å². The van der Waals surface area contributed by atoms with Crippen LogP contribution in [-0.4, -0.2) is 27.7 Å². The minimum Gasteiger partial charge on any atom is -0.396 e. The van der Waals surface area contributed by atoms with Crippen molar-refractivity contribution in [3.05, 3.63) is 18.0 Å². The predicted molar refractivity (Wildman–Crippen MR) is 56.2 cm³/mol. The summed E-state index contributed by atoms with van der Waals surface area (Å²) in [6.07, 6.45) is 5.24. The molecule has 0 saturated carbocycles. The van der Waals surface area contributed by atoms with Crippen molar-refractivity contribution >= 4 is 5.95 Å². The van der Waals surface area contributed by atoms with Gasteiger partial charge in [-0.1, -0.05) is 6.92 Å². The van der Waals surface area contributed by atoms with E-state index in [2.05, 4.69) is 22.2 Å². The Hall–Kier alpha value is -1.16. The molecule has 0 radical (unpaired) electrons. The van der Waals surface area contributed by atoms with Gasteiger partial charge in [-0.3, -0.25) is 0 Å². The average molecular weight is 195 g/mol. The molecule has 0 bridgehead atoms. The second-order valence-electron chi connectivity index (χ2n) is 3.35. The first-order chi connectivity index (χ1) is 6.76. The number of nitrogens with one attached hydrogen (secondary N) is 1. The Labute approximate surface area is 84.4 Å². The maximum absolute atomic E-state index is 8.81. The average Bonchev–Trinajstić information content (AvgIpc) is 2.20. The lowest BCUT2D eigenvalue weighted by atomic mass is 10.2. The topological polar surface area (TPSA) is 58.0 Å². The molecule has 0 spiro atoms. The van der Waals surface area contributed by atoms with E-state index in [1.807, 2.05) is 6.92 Å². The van der Waals surface area contributed by atoms with Gasteiger partial charge in [0.25, 0.3) is 0 Å². The highest BCUT2D eigenvalue weighted by Gasteiger charge is 2.05. The third-order valence-electron chi connectivity index (χ3n) is 2.08. The van der Waals surface area contributed by atoms with Crippen LogP contribution in [0, 0.1) is 6.92 Å². The molecule has 2 N–H and O–H groups in total. The van der Waals surface area contributed by atoms with E-state index < -0.39 is 0 Å². The number of nitrogens with zero attached hydrogens (tertiary/aromatic N) is 2. The van der Waals surface area contributed by atoms with Crippen LogP contribution in [0.5, 0.6) is 0 Å². The quantitative estimate of drug-likeness (QED) is 0.744. The van der Waals surface area contributed by atoms with Gasteiger partial charge in [-0.05, 0) is 25.3 Å². The Balaban J connectivity index is 2.53. The maximum atomic E-state index is 8.81. The SMILES string of the molecule is CCC(CCO)Nc1ncc(C)cn1. The molecule has 0 aliphatic carbocycles. The van der Waals surface area contributed by atoms with Crippen molar-refractivity contribution < 1.29 is 5.11 Å². The molecule has 0 aliphatic heterocycles. The first-order valence-electron chi connectivity index (χ1n) is 4.92. The molecule has 14 heavy (non-hydrogen) atoms. The lowest BCUT2D eigenvalue weighted by Crippen LogP contribution is -2.21. The van der Waals surface area contributed by atoms with Crippen LogP contribution in [-0.2, 0) is 0 Å². The van der Waals surface area contributed by atoms with Gasteiger partial charge in [0.15, 0.2) is 0 Å². The zero-order valence-electron chi connectivity index (χ0n) is 8.70. The Morgan fingerprint density at radius 2 is 2.07 bits per heavy atom. The van der Waals surface area contributed by atoms with Gasteiger partial charge in [-0.15, -0.1) is 0 Å². The summed E-state index contributed by atoms with van der Waals surface area (Å²) < 4.78 is 0. The minimum absolute atomic E-state index is 0.192. The van der Waals surface area contributed by atoms with Gasteiger partial charge in [0.2, 0.25) is 5.95 Å². The monoisotopic (exact) mass is 195 g/mol. The highest BCUT2D eigenvalue weighted by Crippen LogP contribution is 2.05. The maximum Gasteiger partial charge on any atom is 0.222 e. The number of hydrogen-bond acceptors (Lipinski definition) is 4. The molecule has 1 atom stereocenters. The summed E-state index contributed by atoms with van der Waals surface area (Å²) in [7, 11) is 0. The second-order valence-corrected chi connectivity index (χ2v) is 3.35. The Morgan fingerprint density at radius 1 is 1.43 bits per heavy atom. The molecule has 1 heterocycles. The molecule has 4 heteroatoms. The normalized spacial score (nSPS) is 12.5. The number of hydrogen-bond donors (Lipinski definition) is 2. The number of aliphatic hydroxyl groups is 1. The van der Waals surface area contributed by atoms with Crippen molar-refractivity contribution in [1.82, 2.24) is 9.97 Å². The standard InChI is InChI=1S/C10H17N3O/c1-3-9(4-5-14)13-10-11-6-8(2)7-12-10/h6-7,9,14H,3-5H2,1-2H3,(H,11,12,13). The molecule has 0 amide bonds. The van der Waals surface area contributed by atoms with Gasteiger partial charge in [0, 0.05) is 25.0 Å². The summed E-state index contributed by atoms with van der Waals surface area (Å²) in [5.74, 6) is 0.635. The van der Waals surface area contributed by atoms with Crippen molar-refractivity contribution in [2.24, 2.45) is 0 Å². The summed E-state index contributed by atoms with van der Waals surface area (Å²) in [5.41, 5.74) is 1.05. The molecule has 0 aromatic carbocycles. The van der Waals surface area contributed by atoms with E-state index in [4.69, 9.17) is 5.11 Å². The van der Waals surface area contributed by atoms with E-state index in [1.165, 1.54) is 0 Å². The minimum atomic E-state index is 0.192. The smallest absolute Gasteiger partial charge is 0.222 e. The fourth-order valence-electron chi connectivity index (χ4n) is 1.18. The van der Waals surface area contributed by atoms with Gasteiger partial charge in [0.05, 0.1) is 0 Å². The third-order valence-corrected chi connectivity index (χ3v) is 2.08. The van der Waals surface area contributed by atoms with Crippen LogP contribution in [0.4, 0.5) is 5.95 Å². The van der Waals surface area contributed by atoms with E-state index in [0.717, 1.165) is 18.4 Å². The zero-order chi connectivity index (χ0) is 10.4. The Bertz CT molecular complexity index is 261. The third kappa shape index (κ3) is 3.30. The van der Waals surface area contributed by atoms with Crippen molar-refractivity contribution in [3.63, 3.8) is 0 Å². The predicted octanol–water partition coefficient (Wildman–Crippen LogP) is 1.36. The van der Waals surface area contributed by atoms with E-state index in [9.17, 15) is 0 Å². The van der Waals surface area contributed by atoms with Crippen LogP contribution in [0.2, 0.25) is 0 Å². The molecule has 4 nitrogen and oxygen atoms in total. The summed E-state index contributed by atoms with van der Waals surface area (Å²) in [6.45, 7) is 4.22. The van der Waals surface area contributed by atoms with Crippen LogP contribution >= 0.6 is 0 Å². The molecule has 0 saturated heterocycles. The van der Waals surface area contributed by atoms with E-state index in [0.29, 0.717) is 5.95 Å². The molecule has 0 fully saturated rings. The molecule has 1 rings (SSSR count). The van der Waals surface area contributed by atoms with Crippen molar-refractivity contribution in [2.75, 3.05) is 11.9 Å². The fourth-order valence-corrected chi connectivity index (χ4v) is 1.18. The highest BCUT2D eigenvalue weighted by atomic mass is 16.3. The van der Waals surface area contributed by atoms with Gasteiger partial charge < -0.3 is 10.4 Å². The van der Waals surface area contributed by atoms with E-state index >= 15 is 0 Å². The summed E-state index contributed by atoms with van der Waals surface area (Å²) in [6, 6.07) is 0.253. The lowest BCUT2D eigenvalue weighted by molar-refractivity contribution is 0.278. The van der Waals surface area contributed by atoms with Crippen LogP contribution < -0.4 is 5.32 Å². The van der Waals surface area contributed by atoms with Crippen molar-refractivity contribution in [3.8, 4) is 0 Å².